The smallest absolute Gasteiger partial charge is 0.339 e. The highest BCUT2D eigenvalue weighted by atomic mass is 32.2. The molecule has 0 radical (unpaired) electrons. The molecular formula is C17H16O6S. The van der Waals surface area contributed by atoms with Crippen molar-refractivity contribution >= 4 is 15.8 Å². The summed E-state index contributed by atoms with van der Waals surface area (Å²) in [5.41, 5.74) is 0.610. The van der Waals surface area contributed by atoms with Gasteiger partial charge in [0.2, 0.25) is 0 Å². The summed E-state index contributed by atoms with van der Waals surface area (Å²) in [5, 5.41) is 18.3. The van der Waals surface area contributed by atoms with Gasteiger partial charge in [0.15, 0.2) is 9.84 Å². The molecule has 0 unspecified atom stereocenters. The third kappa shape index (κ3) is 4.36. The van der Waals surface area contributed by atoms with Crippen LogP contribution in [0.3, 0.4) is 0 Å². The molecule has 6 nitrogen and oxygen atoms in total. The second-order valence-corrected chi connectivity index (χ2v) is 7.11. The van der Waals surface area contributed by atoms with Crippen LogP contribution in [-0.4, -0.2) is 30.4 Å². The summed E-state index contributed by atoms with van der Waals surface area (Å²) in [7, 11) is -3.46. The molecular weight excluding hydrogens is 332 g/mol. The molecule has 0 atom stereocenters. The molecule has 0 aliphatic rings. The maximum absolute atomic E-state index is 12.2. The molecule has 0 aromatic heterocycles. The van der Waals surface area contributed by atoms with Crippen LogP contribution in [0, 0.1) is 6.92 Å². The lowest BCUT2D eigenvalue weighted by Gasteiger charge is -2.04. The van der Waals surface area contributed by atoms with Crippen molar-refractivity contribution in [1.29, 1.82) is 0 Å². The number of carboxylic acids is 1. The number of aryl methyl sites for hydroxylation is 1. The van der Waals surface area contributed by atoms with Crippen molar-refractivity contribution in [3.8, 4) is 11.5 Å². The summed E-state index contributed by atoms with van der Waals surface area (Å²) in [6, 6.07) is 10.3. The Labute approximate surface area is 139 Å². The average Bonchev–Trinajstić information content (AvgIpc) is 2.51. The summed E-state index contributed by atoms with van der Waals surface area (Å²) in [6.07, 6.45) is 2.52. The van der Waals surface area contributed by atoms with Crippen molar-refractivity contribution in [1.82, 2.24) is 0 Å². The number of ether oxygens (including phenoxy) is 1. The van der Waals surface area contributed by atoms with Crippen LogP contribution in [0.2, 0.25) is 0 Å². The quantitative estimate of drug-likeness (QED) is 0.779. The number of sulfone groups is 1. The Morgan fingerprint density at radius 2 is 1.96 bits per heavy atom. The van der Waals surface area contributed by atoms with Crippen LogP contribution in [0.4, 0.5) is 0 Å². The van der Waals surface area contributed by atoms with Crippen molar-refractivity contribution in [3.05, 3.63) is 65.9 Å². The van der Waals surface area contributed by atoms with Crippen molar-refractivity contribution in [2.24, 2.45) is 0 Å². The Balaban J connectivity index is 2.02. The van der Waals surface area contributed by atoms with E-state index in [4.69, 9.17) is 9.84 Å². The van der Waals surface area contributed by atoms with Gasteiger partial charge in [-0.05, 0) is 42.8 Å². The van der Waals surface area contributed by atoms with E-state index in [9.17, 15) is 18.3 Å². The molecule has 2 rings (SSSR count). The Hall–Kier alpha value is -2.80. The third-order valence-corrected chi connectivity index (χ3v) is 4.77. The first kappa shape index (κ1) is 17.6. The second-order valence-electron chi connectivity index (χ2n) is 5.07. The number of phenols is 1. The van der Waals surface area contributed by atoms with Crippen molar-refractivity contribution < 1.29 is 28.2 Å². The number of aromatic hydroxyl groups is 1. The number of benzene rings is 2. The summed E-state index contributed by atoms with van der Waals surface area (Å²) >= 11 is 0. The van der Waals surface area contributed by atoms with Crippen molar-refractivity contribution in [2.45, 2.75) is 11.8 Å². The SMILES string of the molecule is Cc1cccc(S(=O)(=O)CC=COc2ccc(C(=O)O)c(O)c2)c1. The first-order chi connectivity index (χ1) is 11.3. The lowest BCUT2D eigenvalue weighted by molar-refractivity contribution is 0.0693. The average molecular weight is 348 g/mol. The van der Waals surface area contributed by atoms with E-state index in [0.29, 0.717) is 0 Å². The van der Waals surface area contributed by atoms with Gasteiger partial charge in [0.05, 0.1) is 16.9 Å². The predicted molar refractivity (Wildman–Crippen MR) is 88.1 cm³/mol. The van der Waals surface area contributed by atoms with E-state index in [1.54, 1.807) is 12.1 Å². The third-order valence-electron chi connectivity index (χ3n) is 3.16. The number of carbonyl (C=O) groups is 1. The van der Waals surface area contributed by atoms with E-state index < -0.39 is 21.6 Å². The monoisotopic (exact) mass is 348 g/mol. The van der Waals surface area contributed by atoms with Gasteiger partial charge in [-0.25, -0.2) is 13.2 Å². The van der Waals surface area contributed by atoms with Crippen molar-refractivity contribution in [2.75, 3.05) is 5.75 Å². The normalized spacial score (nSPS) is 11.5. The molecule has 0 fully saturated rings. The fraction of sp³-hybridized carbons (Fsp3) is 0.118. The molecule has 0 heterocycles. The van der Waals surface area contributed by atoms with Gasteiger partial charge >= 0.3 is 5.97 Å². The van der Waals surface area contributed by atoms with Gasteiger partial charge in [-0.1, -0.05) is 12.1 Å². The Morgan fingerprint density at radius 3 is 2.58 bits per heavy atom. The zero-order valence-electron chi connectivity index (χ0n) is 12.8. The van der Waals surface area contributed by atoms with Crippen LogP contribution in [0.25, 0.3) is 0 Å². The minimum atomic E-state index is -3.46. The number of carboxylic acid groups (broad SMARTS) is 1. The van der Waals surface area contributed by atoms with Crippen LogP contribution >= 0.6 is 0 Å². The number of rotatable bonds is 6. The lowest BCUT2D eigenvalue weighted by Crippen LogP contribution is -2.05. The molecule has 0 amide bonds. The highest BCUT2D eigenvalue weighted by Crippen LogP contribution is 2.23. The standard InChI is InChI=1S/C17H16O6S/c1-12-4-2-5-14(10-12)24(21,22)9-3-8-23-13-6-7-15(17(19)20)16(18)11-13/h2-8,10-11,18H,9H2,1H3,(H,19,20). The molecule has 0 spiro atoms. The van der Waals surface area contributed by atoms with Gasteiger partial charge < -0.3 is 14.9 Å². The van der Waals surface area contributed by atoms with Crippen LogP contribution in [-0.2, 0) is 9.84 Å². The topological polar surface area (TPSA) is 101 Å². The molecule has 0 saturated heterocycles. The fourth-order valence-electron chi connectivity index (χ4n) is 1.96. The van der Waals surface area contributed by atoms with E-state index in [2.05, 4.69) is 0 Å². The van der Waals surface area contributed by atoms with Crippen LogP contribution in [0.1, 0.15) is 15.9 Å². The van der Waals surface area contributed by atoms with E-state index in [-0.39, 0.29) is 22.0 Å². The largest absolute Gasteiger partial charge is 0.507 e. The van der Waals surface area contributed by atoms with Gasteiger partial charge in [0, 0.05) is 6.07 Å². The summed E-state index contributed by atoms with van der Waals surface area (Å²) in [4.78, 5) is 11.0. The molecule has 0 saturated carbocycles. The molecule has 24 heavy (non-hydrogen) atoms. The summed E-state index contributed by atoms with van der Waals surface area (Å²) in [6.45, 7) is 1.81. The van der Waals surface area contributed by atoms with E-state index in [1.807, 2.05) is 13.0 Å². The first-order valence-electron chi connectivity index (χ1n) is 6.97. The maximum Gasteiger partial charge on any atom is 0.339 e. The molecule has 0 aliphatic carbocycles. The Kier molecular flexibility index (Phi) is 5.25. The van der Waals surface area contributed by atoms with E-state index in [1.165, 1.54) is 30.5 Å². The zero-order valence-corrected chi connectivity index (χ0v) is 13.7. The minimum Gasteiger partial charge on any atom is -0.507 e. The minimum absolute atomic E-state index is 0.196. The predicted octanol–water partition coefficient (Wildman–Crippen LogP) is 2.77. The Bertz CT molecular complexity index is 884. The van der Waals surface area contributed by atoms with Crippen LogP contribution in [0.5, 0.6) is 11.5 Å². The van der Waals surface area contributed by atoms with Crippen LogP contribution in [0.15, 0.2) is 59.7 Å². The van der Waals surface area contributed by atoms with Gasteiger partial charge in [0.1, 0.15) is 17.1 Å². The first-order valence-corrected chi connectivity index (χ1v) is 8.62. The van der Waals surface area contributed by atoms with Gasteiger partial charge in [0.25, 0.3) is 0 Å². The number of hydrogen-bond donors (Lipinski definition) is 2. The van der Waals surface area contributed by atoms with E-state index >= 15 is 0 Å². The van der Waals surface area contributed by atoms with Crippen LogP contribution < -0.4 is 4.74 Å². The van der Waals surface area contributed by atoms with Gasteiger partial charge in [-0.15, -0.1) is 0 Å². The fourth-order valence-corrected chi connectivity index (χ4v) is 3.14. The van der Waals surface area contributed by atoms with Gasteiger partial charge in [-0.3, -0.25) is 0 Å². The number of hydrogen-bond acceptors (Lipinski definition) is 5. The molecule has 7 heteroatoms. The van der Waals surface area contributed by atoms with E-state index in [0.717, 1.165) is 11.6 Å². The lowest BCUT2D eigenvalue weighted by atomic mass is 10.2. The molecule has 0 bridgehead atoms. The highest BCUT2D eigenvalue weighted by molar-refractivity contribution is 7.91. The maximum atomic E-state index is 12.2. The second kappa shape index (κ2) is 7.18. The molecule has 2 aromatic carbocycles. The van der Waals surface area contributed by atoms with Gasteiger partial charge in [-0.2, -0.15) is 0 Å². The van der Waals surface area contributed by atoms with Crippen molar-refractivity contribution in [3.63, 3.8) is 0 Å². The zero-order chi connectivity index (χ0) is 17.7. The highest BCUT2D eigenvalue weighted by Gasteiger charge is 2.12. The Morgan fingerprint density at radius 1 is 1.21 bits per heavy atom. The summed E-state index contributed by atoms with van der Waals surface area (Å²) in [5.74, 6) is -1.73. The molecule has 2 aromatic rings. The molecule has 2 N–H and O–H groups in total. The number of aromatic carboxylic acids is 1. The molecule has 126 valence electrons. The molecule has 0 aliphatic heterocycles. The summed E-state index contributed by atoms with van der Waals surface area (Å²) < 4.78 is 29.5.